The van der Waals surface area contributed by atoms with E-state index in [1.807, 2.05) is 0 Å². The first-order chi connectivity index (χ1) is 10.3. The van der Waals surface area contributed by atoms with Crippen LogP contribution in [0.25, 0.3) is 0 Å². The normalized spacial score (nSPS) is 12.6. The number of hydrogen-bond donors (Lipinski definition) is 3. The van der Waals surface area contributed by atoms with Crippen molar-refractivity contribution >= 4 is 15.9 Å². The summed E-state index contributed by atoms with van der Waals surface area (Å²) in [5, 5.41) is 7.69. The number of amides is 1. The smallest absolute Gasteiger partial charge is 0.260 e. The maximum absolute atomic E-state index is 12.0. The predicted octanol–water partition coefficient (Wildman–Crippen LogP) is 0.513. The van der Waals surface area contributed by atoms with Gasteiger partial charge >= 0.3 is 0 Å². The third-order valence-electron chi connectivity index (χ3n) is 3.12. The maximum Gasteiger partial charge on any atom is 0.260 e. The van der Waals surface area contributed by atoms with Crippen LogP contribution in [0.1, 0.15) is 28.9 Å². The van der Waals surface area contributed by atoms with Crippen LogP contribution in [0.5, 0.6) is 0 Å². The number of aromatic amines is 1. The third kappa shape index (κ3) is 3.60. The van der Waals surface area contributed by atoms with Crippen molar-refractivity contribution in [2.45, 2.75) is 17.9 Å². The fourth-order valence-electron chi connectivity index (χ4n) is 1.90. The highest BCUT2D eigenvalue weighted by Crippen LogP contribution is 2.15. The van der Waals surface area contributed by atoms with Gasteiger partial charge in [0.05, 0.1) is 10.9 Å². The van der Waals surface area contributed by atoms with E-state index in [9.17, 15) is 18.0 Å². The van der Waals surface area contributed by atoms with E-state index in [4.69, 9.17) is 5.14 Å². The molecule has 2 aromatic rings. The summed E-state index contributed by atoms with van der Waals surface area (Å²) in [6, 6.07) is 8.42. The Bertz CT molecular complexity index is 841. The van der Waals surface area contributed by atoms with Gasteiger partial charge in [-0.3, -0.25) is 9.59 Å². The van der Waals surface area contributed by atoms with Crippen molar-refractivity contribution in [1.29, 1.82) is 0 Å². The second kappa shape index (κ2) is 6.12. The Morgan fingerprint density at radius 1 is 1.23 bits per heavy atom. The molecule has 1 aromatic heterocycles. The Morgan fingerprint density at radius 3 is 2.41 bits per heavy atom. The number of primary sulfonamides is 1. The minimum absolute atomic E-state index is 0.00530. The number of carbonyl (C=O) groups excluding carboxylic acids is 1. The zero-order chi connectivity index (χ0) is 16.3. The molecule has 0 aliphatic carbocycles. The molecule has 1 amide bonds. The molecule has 116 valence electrons. The quantitative estimate of drug-likeness (QED) is 0.759. The van der Waals surface area contributed by atoms with Gasteiger partial charge in [0.25, 0.3) is 11.5 Å². The topological polar surface area (TPSA) is 122 Å². The molecule has 4 N–H and O–H groups in total. The van der Waals surface area contributed by atoms with Crippen LogP contribution in [-0.2, 0) is 10.0 Å². The minimum atomic E-state index is -3.75. The van der Waals surface area contributed by atoms with Crippen molar-refractivity contribution in [1.82, 2.24) is 10.3 Å². The van der Waals surface area contributed by atoms with E-state index in [0.29, 0.717) is 5.56 Å². The van der Waals surface area contributed by atoms with Gasteiger partial charge in [0, 0.05) is 6.20 Å². The summed E-state index contributed by atoms with van der Waals surface area (Å²) in [5.41, 5.74) is 0.223. The Morgan fingerprint density at radius 2 is 1.86 bits per heavy atom. The first-order valence-corrected chi connectivity index (χ1v) is 7.95. The number of benzene rings is 1. The number of aromatic nitrogens is 1. The molecule has 1 atom stereocenters. The van der Waals surface area contributed by atoms with Gasteiger partial charge in [-0.1, -0.05) is 12.1 Å². The number of pyridine rings is 1. The Hall–Kier alpha value is -2.45. The van der Waals surface area contributed by atoms with Crippen LogP contribution in [0.15, 0.2) is 52.3 Å². The largest absolute Gasteiger partial charge is 0.345 e. The number of nitrogens with two attached hydrogens (primary N) is 1. The highest BCUT2D eigenvalue weighted by atomic mass is 32.2. The van der Waals surface area contributed by atoms with Gasteiger partial charge in [-0.25, -0.2) is 13.6 Å². The lowest BCUT2D eigenvalue weighted by Crippen LogP contribution is -2.31. The van der Waals surface area contributed by atoms with E-state index in [2.05, 4.69) is 10.3 Å². The molecule has 1 heterocycles. The highest BCUT2D eigenvalue weighted by Gasteiger charge is 2.15. The molecule has 7 nitrogen and oxygen atoms in total. The molecule has 1 aromatic carbocycles. The van der Waals surface area contributed by atoms with Crippen LogP contribution >= 0.6 is 0 Å². The van der Waals surface area contributed by atoms with Crippen LogP contribution in [0.3, 0.4) is 0 Å². The second-order valence-electron chi connectivity index (χ2n) is 4.72. The lowest BCUT2D eigenvalue weighted by molar-refractivity contribution is 0.0938. The fraction of sp³-hybridized carbons (Fsp3) is 0.143. The molecular weight excluding hydrogens is 306 g/mol. The Kier molecular flexibility index (Phi) is 4.43. The highest BCUT2D eigenvalue weighted by molar-refractivity contribution is 7.89. The average molecular weight is 321 g/mol. The molecule has 0 fully saturated rings. The van der Waals surface area contributed by atoms with Crippen molar-refractivity contribution < 1.29 is 13.2 Å². The number of H-pyrrole nitrogens is 1. The van der Waals surface area contributed by atoms with Crippen LogP contribution in [-0.4, -0.2) is 19.3 Å². The molecule has 0 spiro atoms. The van der Waals surface area contributed by atoms with Crippen molar-refractivity contribution in [3.63, 3.8) is 0 Å². The van der Waals surface area contributed by atoms with Crippen LogP contribution in [0.4, 0.5) is 0 Å². The van der Waals surface area contributed by atoms with Gasteiger partial charge in [-0.2, -0.15) is 0 Å². The molecule has 0 saturated heterocycles. The van der Waals surface area contributed by atoms with Gasteiger partial charge in [-0.15, -0.1) is 0 Å². The molecule has 8 heteroatoms. The minimum Gasteiger partial charge on any atom is -0.345 e. The van der Waals surface area contributed by atoms with E-state index in [1.54, 1.807) is 25.1 Å². The number of carbonyl (C=O) groups is 1. The molecule has 0 unspecified atom stereocenters. The molecule has 0 saturated carbocycles. The summed E-state index contributed by atoms with van der Waals surface area (Å²) in [7, 11) is -3.75. The zero-order valence-electron chi connectivity index (χ0n) is 11.7. The van der Waals surface area contributed by atoms with Gasteiger partial charge in [0.15, 0.2) is 0 Å². The molecule has 0 aliphatic rings. The molecule has 0 bridgehead atoms. The zero-order valence-corrected chi connectivity index (χ0v) is 12.6. The molecular formula is C14H15N3O4S. The average Bonchev–Trinajstić information content (AvgIpc) is 2.46. The van der Waals surface area contributed by atoms with Crippen molar-refractivity contribution in [3.8, 4) is 0 Å². The predicted molar refractivity (Wildman–Crippen MR) is 80.8 cm³/mol. The summed E-state index contributed by atoms with van der Waals surface area (Å²) in [5.74, 6) is -0.509. The lowest BCUT2D eigenvalue weighted by atomic mass is 10.1. The summed E-state index contributed by atoms with van der Waals surface area (Å²) >= 11 is 0. The Balaban J connectivity index is 2.16. The molecule has 0 radical (unpaired) electrons. The third-order valence-corrected chi connectivity index (χ3v) is 4.05. The number of nitrogens with one attached hydrogen (secondary N) is 2. The van der Waals surface area contributed by atoms with Gasteiger partial charge in [0.1, 0.15) is 5.56 Å². The fourth-order valence-corrected chi connectivity index (χ4v) is 2.42. The summed E-state index contributed by atoms with van der Waals surface area (Å²) in [6.45, 7) is 1.72. The van der Waals surface area contributed by atoms with Crippen molar-refractivity contribution in [3.05, 3.63) is 64.1 Å². The van der Waals surface area contributed by atoms with Crippen LogP contribution in [0, 0.1) is 0 Å². The number of sulfonamides is 1. The molecule has 0 aliphatic heterocycles. The van der Waals surface area contributed by atoms with Crippen molar-refractivity contribution in [2.24, 2.45) is 5.14 Å². The number of rotatable bonds is 4. The van der Waals surface area contributed by atoms with Crippen LogP contribution in [0.2, 0.25) is 0 Å². The summed E-state index contributed by atoms with van der Waals surface area (Å²) < 4.78 is 22.4. The van der Waals surface area contributed by atoms with E-state index in [-0.39, 0.29) is 10.5 Å². The Labute approximate surface area is 127 Å². The maximum atomic E-state index is 12.0. The first-order valence-electron chi connectivity index (χ1n) is 6.40. The number of hydrogen-bond acceptors (Lipinski definition) is 4. The molecule has 22 heavy (non-hydrogen) atoms. The standard InChI is InChI=1S/C14H15N3O4S/c1-9(10-4-6-11(7-5-10)22(15,20)21)17-14(19)12-3-2-8-16-13(12)18/h2-9H,1H3,(H,16,18)(H,17,19)(H2,15,20,21)/t9-/m0/s1. The lowest BCUT2D eigenvalue weighted by Gasteiger charge is -2.14. The van der Waals surface area contributed by atoms with Gasteiger partial charge < -0.3 is 10.3 Å². The summed E-state index contributed by atoms with van der Waals surface area (Å²) in [6.07, 6.45) is 1.44. The monoisotopic (exact) mass is 321 g/mol. The molecule has 2 rings (SSSR count). The van der Waals surface area contributed by atoms with E-state index < -0.39 is 27.5 Å². The van der Waals surface area contributed by atoms with Gasteiger partial charge in [-0.05, 0) is 36.8 Å². The van der Waals surface area contributed by atoms with E-state index in [1.165, 1.54) is 24.4 Å². The summed E-state index contributed by atoms with van der Waals surface area (Å²) in [4.78, 5) is 26.0. The van der Waals surface area contributed by atoms with E-state index >= 15 is 0 Å². The van der Waals surface area contributed by atoms with Crippen LogP contribution < -0.4 is 16.0 Å². The SMILES string of the molecule is C[C@H](NC(=O)c1ccc[nH]c1=O)c1ccc(S(N)(=O)=O)cc1. The van der Waals surface area contributed by atoms with Crippen molar-refractivity contribution in [2.75, 3.05) is 0 Å². The second-order valence-corrected chi connectivity index (χ2v) is 6.28. The van der Waals surface area contributed by atoms with Gasteiger partial charge in [0.2, 0.25) is 10.0 Å². The first kappa shape index (κ1) is 15.9. The van der Waals surface area contributed by atoms with E-state index in [0.717, 1.165) is 0 Å².